The van der Waals surface area contributed by atoms with E-state index in [0.717, 1.165) is 36.8 Å². The van der Waals surface area contributed by atoms with E-state index in [4.69, 9.17) is 9.97 Å². The molecular formula is C21H28N4. The Morgan fingerprint density at radius 2 is 1.80 bits per heavy atom. The maximum atomic E-state index is 4.88. The standard InChI is InChI=1S/C21H28N4/c1-16-15-20(23-18-11-4-2-3-5-12-18)24-21(22-16)25-14-8-10-17-9-6-7-13-19(17)25/h6-7,9,13,15,18H,2-5,8,10-12,14H2,1H3,(H,22,23,24). The second-order valence-corrected chi connectivity index (χ2v) is 7.41. The first-order chi connectivity index (χ1) is 12.3. The fourth-order valence-electron chi connectivity index (χ4n) is 4.12. The van der Waals surface area contributed by atoms with Crippen LogP contribution in [0.4, 0.5) is 17.5 Å². The van der Waals surface area contributed by atoms with E-state index in [1.54, 1.807) is 0 Å². The van der Waals surface area contributed by atoms with Gasteiger partial charge in [0.2, 0.25) is 5.95 Å². The molecular weight excluding hydrogens is 308 g/mol. The van der Waals surface area contributed by atoms with Crippen molar-refractivity contribution in [2.45, 2.75) is 64.3 Å². The summed E-state index contributed by atoms with van der Waals surface area (Å²) >= 11 is 0. The third kappa shape index (κ3) is 3.78. The summed E-state index contributed by atoms with van der Waals surface area (Å²) in [6.45, 7) is 3.06. The molecule has 2 heterocycles. The van der Waals surface area contributed by atoms with Gasteiger partial charge in [-0.1, -0.05) is 43.9 Å². The number of anilines is 3. The van der Waals surface area contributed by atoms with Gasteiger partial charge in [0.05, 0.1) is 0 Å². The molecule has 2 aliphatic rings. The van der Waals surface area contributed by atoms with Crippen LogP contribution in [0, 0.1) is 6.92 Å². The number of nitrogens with zero attached hydrogens (tertiary/aromatic N) is 3. The number of rotatable bonds is 3. The molecule has 1 N–H and O–H groups in total. The lowest BCUT2D eigenvalue weighted by atomic mass is 10.0. The van der Waals surface area contributed by atoms with Gasteiger partial charge < -0.3 is 10.2 Å². The molecule has 4 rings (SSSR count). The van der Waals surface area contributed by atoms with Crippen LogP contribution < -0.4 is 10.2 Å². The number of nitrogens with one attached hydrogen (secondary N) is 1. The first-order valence-corrected chi connectivity index (χ1v) is 9.77. The van der Waals surface area contributed by atoms with Crippen LogP contribution in [0.3, 0.4) is 0 Å². The highest BCUT2D eigenvalue weighted by atomic mass is 15.3. The van der Waals surface area contributed by atoms with Crippen LogP contribution in [0.5, 0.6) is 0 Å². The van der Waals surface area contributed by atoms with Crippen LogP contribution in [0.15, 0.2) is 30.3 Å². The maximum Gasteiger partial charge on any atom is 0.232 e. The molecule has 0 unspecified atom stereocenters. The monoisotopic (exact) mass is 336 g/mol. The van der Waals surface area contributed by atoms with E-state index in [-0.39, 0.29) is 0 Å². The van der Waals surface area contributed by atoms with Crippen molar-refractivity contribution >= 4 is 17.5 Å². The van der Waals surface area contributed by atoms with Crippen molar-refractivity contribution < 1.29 is 0 Å². The van der Waals surface area contributed by atoms with Gasteiger partial charge >= 0.3 is 0 Å². The first kappa shape index (κ1) is 16.4. The number of benzene rings is 1. The highest BCUT2D eigenvalue weighted by Crippen LogP contribution is 2.32. The molecule has 0 atom stereocenters. The largest absolute Gasteiger partial charge is 0.367 e. The number of para-hydroxylation sites is 1. The topological polar surface area (TPSA) is 41.1 Å². The number of aryl methyl sites for hydroxylation is 2. The van der Waals surface area contributed by atoms with Gasteiger partial charge in [0.1, 0.15) is 5.82 Å². The lowest BCUT2D eigenvalue weighted by Gasteiger charge is -2.30. The van der Waals surface area contributed by atoms with Crippen LogP contribution in [-0.4, -0.2) is 22.6 Å². The summed E-state index contributed by atoms with van der Waals surface area (Å²) in [6, 6.07) is 11.3. The quantitative estimate of drug-likeness (QED) is 0.801. The van der Waals surface area contributed by atoms with Crippen LogP contribution >= 0.6 is 0 Å². The Hall–Kier alpha value is -2.10. The van der Waals surface area contributed by atoms with Gasteiger partial charge in [-0.05, 0) is 44.2 Å². The molecule has 1 aliphatic heterocycles. The van der Waals surface area contributed by atoms with Crippen molar-refractivity contribution in [3.05, 3.63) is 41.6 Å². The van der Waals surface area contributed by atoms with E-state index in [9.17, 15) is 0 Å². The molecule has 0 spiro atoms. The minimum absolute atomic E-state index is 0.554. The lowest BCUT2D eigenvalue weighted by Crippen LogP contribution is -2.27. The Labute approximate surface area is 150 Å². The molecule has 4 heteroatoms. The Balaban J connectivity index is 1.60. The van der Waals surface area contributed by atoms with Gasteiger partial charge in [-0.15, -0.1) is 0 Å². The third-order valence-electron chi connectivity index (χ3n) is 5.40. The van der Waals surface area contributed by atoms with E-state index in [1.807, 2.05) is 0 Å². The smallest absolute Gasteiger partial charge is 0.232 e. The number of fused-ring (bicyclic) bond motifs is 1. The van der Waals surface area contributed by atoms with Gasteiger partial charge in [0.25, 0.3) is 0 Å². The van der Waals surface area contributed by atoms with Crippen molar-refractivity contribution in [1.29, 1.82) is 0 Å². The van der Waals surface area contributed by atoms with Gasteiger partial charge in [-0.25, -0.2) is 4.98 Å². The van der Waals surface area contributed by atoms with Crippen molar-refractivity contribution in [2.24, 2.45) is 0 Å². The summed E-state index contributed by atoms with van der Waals surface area (Å²) in [5.41, 5.74) is 3.70. The Kier molecular flexibility index (Phi) is 4.86. The molecule has 132 valence electrons. The Morgan fingerprint density at radius 1 is 1.00 bits per heavy atom. The zero-order valence-corrected chi connectivity index (χ0v) is 15.2. The van der Waals surface area contributed by atoms with E-state index in [1.165, 1.54) is 49.8 Å². The molecule has 2 aromatic rings. The fourth-order valence-corrected chi connectivity index (χ4v) is 4.12. The molecule has 1 aromatic heterocycles. The molecule has 1 aromatic carbocycles. The predicted molar refractivity (Wildman–Crippen MR) is 104 cm³/mol. The summed E-state index contributed by atoms with van der Waals surface area (Å²) < 4.78 is 0. The van der Waals surface area contributed by atoms with Crippen LogP contribution in [-0.2, 0) is 6.42 Å². The molecule has 0 bridgehead atoms. The average molecular weight is 336 g/mol. The number of hydrogen-bond donors (Lipinski definition) is 1. The lowest BCUT2D eigenvalue weighted by molar-refractivity contribution is 0.617. The summed E-state index contributed by atoms with van der Waals surface area (Å²) in [6.07, 6.45) is 10.2. The van der Waals surface area contributed by atoms with E-state index < -0.39 is 0 Å². The normalized spacial score (nSPS) is 18.5. The minimum atomic E-state index is 0.554. The molecule has 1 aliphatic carbocycles. The molecule has 0 amide bonds. The van der Waals surface area contributed by atoms with E-state index in [2.05, 4.69) is 47.5 Å². The SMILES string of the molecule is Cc1cc(NC2CCCCCC2)nc(N2CCCc3ccccc32)n1. The Bertz CT molecular complexity index is 720. The highest BCUT2D eigenvalue weighted by Gasteiger charge is 2.21. The highest BCUT2D eigenvalue weighted by molar-refractivity contribution is 5.64. The number of aromatic nitrogens is 2. The van der Waals surface area contributed by atoms with Gasteiger partial charge in [-0.3, -0.25) is 0 Å². The fraction of sp³-hybridized carbons (Fsp3) is 0.524. The second kappa shape index (κ2) is 7.42. The predicted octanol–water partition coefficient (Wildman–Crippen LogP) is 5.00. The van der Waals surface area contributed by atoms with E-state index in [0.29, 0.717) is 6.04 Å². The van der Waals surface area contributed by atoms with E-state index >= 15 is 0 Å². The summed E-state index contributed by atoms with van der Waals surface area (Å²) in [5.74, 6) is 1.82. The number of hydrogen-bond acceptors (Lipinski definition) is 4. The zero-order valence-electron chi connectivity index (χ0n) is 15.2. The third-order valence-corrected chi connectivity index (χ3v) is 5.40. The van der Waals surface area contributed by atoms with Crippen LogP contribution in [0.25, 0.3) is 0 Å². The molecule has 25 heavy (non-hydrogen) atoms. The first-order valence-electron chi connectivity index (χ1n) is 9.77. The van der Waals surface area contributed by atoms with Crippen molar-refractivity contribution in [3.63, 3.8) is 0 Å². The van der Waals surface area contributed by atoms with Crippen molar-refractivity contribution in [2.75, 3.05) is 16.8 Å². The summed E-state index contributed by atoms with van der Waals surface area (Å²) in [7, 11) is 0. The van der Waals surface area contributed by atoms with Crippen molar-refractivity contribution in [3.8, 4) is 0 Å². The van der Waals surface area contributed by atoms with Crippen molar-refractivity contribution in [1.82, 2.24) is 9.97 Å². The molecule has 1 saturated carbocycles. The van der Waals surface area contributed by atoms with Gasteiger partial charge in [0, 0.05) is 30.0 Å². The summed E-state index contributed by atoms with van der Waals surface area (Å²) in [4.78, 5) is 11.9. The Morgan fingerprint density at radius 3 is 2.64 bits per heavy atom. The maximum absolute atomic E-state index is 4.88. The second-order valence-electron chi connectivity index (χ2n) is 7.41. The van der Waals surface area contributed by atoms with Gasteiger partial charge in [0.15, 0.2) is 0 Å². The molecule has 1 fully saturated rings. The van der Waals surface area contributed by atoms with Crippen LogP contribution in [0.2, 0.25) is 0 Å². The molecule has 0 radical (unpaired) electrons. The molecule has 4 nitrogen and oxygen atoms in total. The molecule has 0 saturated heterocycles. The average Bonchev–Trinajstić information content (AvgIpc) is 2.89. The summed E-state index contributed by atoms with van der Waals surface area (Å²) in [5, 5.41) is 3.69. The van der Waals surface area contributed by atoms with Gasteiger partial charge in [-0.2, -0.15) is 4.98 Å². The van der Waals surface area contributed by atoms with Crippen LogP contribution in [0.1, 0.15) is 56.2 Å². The zero-order chi connectivity index (χ0) is 17.1. The minimum Gasteiger partial charge on any atom is -0.367 e.